The summed E-state index contributed by atoms with van der Waals surface area (Å²) in [6.07, 6.45) is 0. The van der Waals surface area contributed by atoms with Crippen molar-refractivity contribution in [3.05, 3.63) is 66.8 Å². The molecule has 0 saturated carbocycles. The first-order valence-electron chi connectivity index (χ1n) is 5.84. The molecule has 2 rings (SSSR count). The van der Waals surface area contributed by atoms with Gasteiger partial charge in [-0.15, -0.1) is 0 Å². The Hall–Kier alpha value is -0.990. The summed E-state index contributed by atoms with van der Waals surface area (Å²) in [6.45, 7) is 3.73. The molecule has 20 heavy (non-hydrogen) atoms. The minimum atomic E-state index is -4.98. The summed E-state index contributed by atoms with van der Waals surface area (Å²) in [5, 5.41) is 0. The van der Waals surface area contributed by atoms with Crippen molar-refractivity contribution in [2.24, 2.45) is 0 Å². The van der Waals surface area contributed by atoms with Crippen LogP contribution >= 0.6 is 20.2 Å². The molecule has 0 unspecified atom stereocenters. The van der Waals surface area contributed by atoms with Crippen LogP contribution in [0, 0.1) is 21.0 Å². The molecule has 0 heterocycles. The molecule has 0 aliphatic heterocycles. The maximum absolute atomic E-state index is 13.1. The van der Waals surface area contributed by atoms with Gasteiger partial charge in [-0.3, -0.25) is 0 Å². The molecule has 0 atom stereocenters. The molecule has 0 N–H and O–H groups in total. The third-order valence-electron chi connectivity index (χ3n) is 2.66. The van der Waals surface area contributed by atoms with Crippen LogP contribution in [0.15, 0.2) is 48.5 Å². The first kappa shape index (κ1) is 15.4. The Morgan fingerprint density at radius 1 is 0.900 bits per heavy atom. The monoisotopic (exact) mass is 408 g/mol. The molecule has 0 bridgehead atoms. The van der Waals surface area contributed by atoms with Gasteiger partial charge in [0.25, 0.3) is 0 Å². The summed E-state index contributed by atoms with van der Waals surface area (Å²) in [7, 11) is -4.98. The molecular formula is C14H14FIO3S. The Labute approximate surface area is 126 Å². The van der Waals surface area contributed by atoms with Gasteiger partial charge in [-0.1, -0.05) is 0 Å². The standard InChI is InChI=1S/C14H14FIO3S/c1-11-7-3-5-9-13(11)16(19-20(15,17)18)14-10-6-4-8-12(14)2/h3-10H,1-2H3. The molecule has 2 aromatic rings. The molecule has 2 aromatic carbocycles. The quantitative estimate of drug-likeness (QED) is 0.568. The minimum absolute atomic E-state index is 0.784. The van der Waals surface area contributed by atoms with Crippen LogP contribution in [0.5, 0.6) is 0 Å². The zero-order valence-electron chi connectivity index (χ0n) is 11.0. The van der Waals surface area contributed by atoms with E-state index in [0.29, 0.717) is 0 Å². The summed E-state index contributed by atoms with van der Waals surface area (Å²) >= 11 is -2.83. The normalized spacial score (nSPS) is 12.2. The van der Waals surface area contributed by atoms with Gasteiger partial charge < -0.3 is 0 Å². The van der Waals surface area contributed by atoms with E-state index in [2.05, 4.69) is 0 Å². The van der Waals surface area contributed by atoms with Crippen LogP contribution in [0.25, 0.3) is 0 Å². The van der Waals surface area contributed by atoms with Gasteiger partial charge in [0, 0.05) is 0 Å². The molecule has 0 aliphatic rings. The third kappa shape index (κ3) is 3.77. The van der Waals surface area contributed by atoms with Crippen LogP contribution in [0.2, 0.25) is 0 Å². The van der Waals surface area contributed by atoms with Crippen molar-refractivity contribution >= 4 is 30.7 Å². The van der Waals surface area contributed by atoms with Crippen LogP contribution in [0.3, 0.4) is 0 Å². The predicted molar refractivity (Wildman–Crippen MR) is 84.9 cm³/mol. The zero-order chi connectivity index (χ0) is 14.8. The number of rotatable bonds is 4. The van der Waals surface area contributed by atoms with Crippen molar-refractivity contribution in [2.45, 2.75) is 13.8 Å². The number of aryl methyl sites for hydroxylation is 2. The molecule has 0 spiro atoms. The fraction of sp³-hybridized carbons (Fsp3) is 0.143. The van der Waals surface area contributed by atoms with E-state index < -0.39 is 30.7 Å². The molecule has 0 aliphatic carbocycles. The second kappa shape index (κ2) is 6.19. The summed E-state index contributed by atoms with van der Waals surface area (Å²) < 4.78 is 41.4. The van der Waals surface area contributed by atoms with Crippen LogP contribution in [-0.2, 0) is 13.0 Å². The first-order chi connectivity index (χ1) is 9.38. The molecule has 3 nitrogen and oxygen atoms in total. The van der Waals surface area contributed by atoms with Gasteiger partial charge in [0.1, 0.15) is 0 Å². The van der Waals surface area contributed by atoms with E-state index in [1.165, 1.54) is 0 Å². The number of benzene rings is 2. The summed E-state index contributed by atoms with van der Waals surface area (Å²) in [6, 6.07) is 14.7. The van der Waals surface area contributed by atoms with Crippen LogP contribution in [0.1, 0.15) is 11.1 Å². The van der Waals surface area contributed by atoms with E-state index in [-0.39, 0.29) is 0 Å². The Morgan fingerprint density at radius 2 is 1.30 bits per heavy atom. The molecule has 0 aromatic heterocycles. The van der Waals surface area contributed by atoms with Crippen molar-refractivity contribution in [1.82, 2.24) is 0 Å². The first-order valence-corrected chi connectivity index (χ1v) is 10.2. The van der Waals surface area contributed by atoms with Crippen molar-refractivity contribution in [3.63, 3.8) is 0 Å². The summed E-state index contributed by atoms with van der Waals surface area (Å²) in [5.41, 5.74) is 1.81. The molecular weight excluding hydrogens is 394 g/mol. The van der Waals surface area contributed by atoms with Crippen molar-refractivity contribution in [2.75, 3.05) is 0 Å². The summed E-state index contributed by atoms with van der Waals surface area (Å²) in [4.78, 5) is 0. The number of hydrogen-bond acceptors (Lipinski definition) is 3. The van der Waals surface area contributed by atoms with Crippen molar-refractivity contribution < 1.29 is 14.8 Å². The van der Waals surface area contributed by atoms with Gasteiger partial charge in [-0.2, -0.15) is 0 Å². The zero-order valence-corrected chi connectivity index (χ0v) is 14.0. The van der Waals surface area contributed by atoms with Gasteiger partial charge in [-0.25, -0.2) is 0 Å². The molecule has 6 heteroatoms. The van der Waals surface area contributed by atoms with E-state index in [0.717, 1.165) is 18.3 Å². The maximum atomic E-state index is 13.1. The van der Waals surface area contributed by atoms with E-state index in [9.17, 15) is 12.3 Å². The Kier molecular flexibility index (Phi) is 4.77. The molecule has 0 amide bonds. The van der Waals surface area contributed by atoms with Crippen molar-refractivity contribution in [1.29, 1.82) is 0 Å². The van der Waals surface area contributed by atoms with E-state index in [1.54, 1.807) is 24.3 Å². The SMILES string of the molecule is Cc1ccccc1I(OS(=O)(=O)F)c1ccccc1C. The topological polar surface area (TPSA) is 43.4 Å². The van der Waals surface area contributed by atoms with Gasteiger partial charge in [-0.05, 0) is 0 Å². The van der Waals surface area contributed by atoms with Gasteiger partial charge in [0.15, 0.2) is 0 Å². The average Bonchev–Trinajstić information content (AvgIpc) is 2.37. The second-order valence-corrected chi connectivity index (χ2v) is 9.94. The Morgan fingerprint density at radius 3 is 1.65 bits per heavy atom. The van der Waals surface area contributed by atoms with Crippen LogP contribution < -0.4 is 0 Å². The van der Waals surface area contributed by atoms with Crippen molar-refractivity contribution in [3.8, 4) is 0 Å². The summed E-state index contributed by atoms with van der Waals surface area (Å²) in [5.74, 6) is 0. The second-order valence-electron chi connectivity index (χ2n) is 4.20. The Balaban J connectivity index is 2.57. The fourth-order valence-corrected chi connectivity index (χ4v) is 8.08. The molecule has 0 saturated heterocycles. The van der Waals surface area contributed by atoms with Crippen LogP contribution in [0.4, 0.5) is 3.89 Å². The molecule has 108 valence electrons. The fourth-order valence-electron chi connectivity index (χ4n) is 1.74. The molecule has 0 radical (unpaired) electrons. The predicted octanol–water partition coefficient (Wildman–Crippen LogP) is 4.00. The Bertz CT molecular complexity index is 670. The van der Waals surface area contributed by atoms with E-state index in [4.69, 9.17) is 2.51 Å². The molecule has 0 fully saturated rings. The van der Waals surface area contributed by atoms with E-state index in [1.807, 2.05) is 38.1 Å². The van der Waals surface area contributed by atoms with Gasteiger partial charge >= 0.3 is 126 Å². The number of halogens is 2. The average molecular weight is 408 g/mol. The third-order valence-corrected chi connectivity index (χ3v) is 9.84. The van der Waals surface area contributed by atoms with Gasteiger partial charge in [0.05, 0.1) is 0 Å². The van der Waals surface area contributed by atoms with E-state index >= 15 is 0 Å². The van der Waals surface area contributed by atoms with Gasteiger partial charge in [0.2, 0.25) is 0 Å². The van der Waals surface area contributed by atoms with Crippen LogP contribution in [-0.4, -0.2) is 8.42 Å². The number of hydrogen-bond donors (Lipinski definition) is 0.